The predicted molar refractivity (Wildman–Crippen MR) is 140 cm³/mol. The minimum absolute atomic E-state index is 0. The normalized spacial score (nSPS) is 15.0. The highest BCUT2D eigenvalue weighted by molar-refractivity contribution is 7.59. The number of hydrogen-bond acceptors (Lipinski definition) is 4. The molecule has 3 aromatic carbocycles. The Kier molecular flexibility index (Phi) is 7.40. The number of benzene rings is 3. The van der Waals surface area contributed by atoms with Crippen molar-refractivity contribution in [2.75, 3.05) is 11.4 Å². The lowest BCUT2D eigenvalue weighted by atomic mass is 10.0. The van der Waals surface area contributed by atoms with Gasteiger partial charge in [-0.05, 0) is 31.2 Å². The Bertz CT molecular complexity index is 1360. The molecular weight excluding hydrogens is 501 g/mol. The number of anilines is 1. The molecule has 4 aromatic rings. The van der Waals surface area contributed by atoms with Crippen LogP contribution < -0.4 is 9.64 Å². The van der Waals surface area contributed by atoms with E-state index >= 15 is 0 Å². The predicted octanol–water partition coefficient (Wildman–Crippen LogP) is 6.29. The number of hydrogen-bond donors (Lipinski definition) is 0. The van der Waals surface area contributed by atoms with Crippen molar-refractivity contribution in [1.29, 1.82) is 0 Å². The number of fused-ring (bicyclic) bond motifs is 1. The lowest BCUT2D eigenvalue weighted by Gasteiger charge is -2.32. The second-order valence-corrected chi connectivity index (χ2v) is 8.32. The molecule has 0 fully saturated rings. The van der Waals surface area contributed by atoms with E-state index in [1.54, 1.807) is 10.9 Å². The molecule has 0 spiro atoms. The molecule has 5 rings (SSSR count). The number of halogens is 3. The number of rotatable bonds is 5. The fourth-order valence-electron chi connectivity index (χ4n) is 4.19. The summed E-state index contributed by atoms with van der Waals surface area (Å²) in [6.45, 7) is 2.22. The Morgan fingerprint density at radius 2 is 1.51 bits per heavy atom. The molecule has 2 heterocycles. The maximum absolute atomic E-state index is 13.6. The molecule has 6 nitrogen and oxygen atoms in total. The van der Waals surface area contributed by atoms with Crippen LogP contribution in [0.15, 0.2) is 96.1 Å². The van der Waals surface area contributed by atoms with Crippen molar-refractivity contribution in [3.05, 3.63) is 108 Å². The third-order valence-corrected chi connectivity index (χ3v) is 5.80. The minimum atomic E-state index is -4.79. The Morgan fingerprint density at radius 3 is 2.05 bits per heavy atom. The summed E-state index contributed by atoms with van der Waals surface area (Å²) in [6, 6.07) is 24.4. The van der Waals surface area contributed by atoms with Gasteiger partial charge in [-0.1, -0.05) is 60.7 Å². The number of carbonyl (C=O) groups is 1. The average molecular weight is 525 g/mol. The fraction of sp³-hybridized carbons (Fsp3) is 0.148. The maximum atomic E-state index is 13.6. The SMILES string of the molecule is C[C@H]1CN(c2ccc(OC(F)(F)F)cc2)C(=O)c2c(N=C(c3ccccc3)c3ccccc3)cnn21.S. The number of amides is 1. The van der Waals surface area contributed by atoms with Gasteiger partial charge in [0.05, 0.1) is 18.0 Å². The van der Waals surface area contributed by atoms with Gasteiger partial charge >= 0.3 is 6.36 Å². The van der Waals surface area contributed by atoms with Crippen molar-refractivity contribution in [1.82, 2.24) is 9.78 Å². The van der Waals surface area contributed by atoms with Crippen LogP contribution in [0, 0.1) is 0 Å². The second kappa shape index (κ2) is 10.5. The number of carbonyl (C=O) groups excluding carboxylic acids is 1. The molecule has 1 aliphatic rings. The topological polar surface area (TPSA) is 59.7 Å². The van der Waals surface area contributed by atoms with E-state index in [0.717, 1.165) is 11.1 Å². The molecule has 0 bridgehead atoms. The van der Waals surface area contributed by atoms with Crippen LogP contribution in [0.3, 0.4) is 0 Å². The third kappa shape index (κ3) is 5.54. The van der Waals surface area contributed by atoms with E-state index in [1.807, 2.05) is 67.6 Å². The molecule has 0 N–H and O–H groups in total. The molecule has 0 unspecified atom stereocenters. The van der Waals surface area contributed by atoms with Gasteiger partial charge in [-0.15, -0.1) is 13.2 Å². The van der Waals surface area contributed by atoms with E-state index in [4.69, 9.17) is 4.99 Å². The van der Waals surface area contributed by atoms with Gasteiger partial charge in [-0.3, -0.25) is 9.48 Å². The standard InChI is InChI=1S/C27H21F3N4O2.H2S/c1-18-17-33(21-12-14-22(15-13-21)36-27(28,29)30)26(35)25-23(16-31-34(18)25)32-24(19-8-4-2-5-9-19)20-10-6-3-7-11-20;/h2-16,18H,17H2,1H3;1H2/t18-;/m0./s1. The van der Waals surface area contributed by atoms with Crippen LogP contribution in [-0.2, 0) is 0 Å². The second-order valence-electron chi connectivity index (χ2n) is 8.32. The van der Waals surface area contributed by atoms with Crippen LogP contribution in [0.1, 0.15) is 34.6 Å². The zero-order chi connectivity index (χ0) is 25.3. The highest BCUT2D eigenvalue weighted by atomic mass is 32.1. The molecule has 1 aromatic heterocycles. The van der Waals surface area contributed by atoms with Crippen molar-refractivity contribution in [2.45, 2.75) is 19.3 Å². The zero-order valence-corrected chi connectivity index (χ0v) is 20.7. The van der Waals surface area contributed by atoms with E-state index in [0.29, 0.717) is 29.3 Å². The number of aromatic nitrogens is 2. The summed E-state index contributed by atoms with van der Waals surface area (Å²) in [5.41, 5.74) is 3.65. The average Bonchev–Trinajstić information content (AvgIpc) is 3.30. The molecule has 0 saturated carbocycles. The first kappa shape index (κ1) is 26.0. The van der Waals surface area contributed by atoms with E-state index in [2.05, 4.69) is 9.84 Å². The van der Waals surface area contributed by atoms with Crippen molar-refractivity contribution < 1.29 is 22.7 Å². The van der Waals surface area contributed by atoms with E-state index in [9.17, 15) is 18.0 Å². The summed E-state index contributed by atoms with van der Waals surface area (Å²) in [4.78, 5) is 20.0. The number of aliphatic imine (C=N–C) groups is 1. The van der Waals surface area contributed by atoms with Gasteiger partial charge in [0, 0.05) is 23.4 Å². The number of nitrogens with zero attached hydrogens (tertiary/aromatic N) is 4. The minimum Gasteiger partial charge on any atom is -0.406 e. The first-order valence-electron chi connectivity index (χ1n) is 11.2. The molecule has 37 heavy (non-hydrogen) atoms. The van der Waals surface area contributed by atoms with Gasteiger partial charge in [-0.2, -0.15) is 18.6 Å². The molecule has 1 atom stereocenters. The third-order valence-electron chi connectivity index (χ3n) is 5.80. The van der Waals surface area contributed by atoms with E-state index < -0.39 is 6.36 Å². The lowest BCUT2D eigenvalue weighted by molar-refractivity contribution is -0.274. The molecule has 1 aliphatic heterocycles. The molecule has 0 saturated heterocycles. The zero-order valence-electron chi connectivity index (χ0n) is 19.7. The first-order chi connectivity index (χ1) is 17.3. The van der Waals surface area contributed by atoms with Gasteiger partial charge in [0.1, 0.15) is 11.4 Å². The van der Waals surface area contributed by atoms with E-state index in [1.165, 1.54) is 29.2 Å². The summed E-state index contributed by atoms with van der Waals surface area (Å²) in [5.74, 6) is -0.691. The fourth-order valence-corrected chi connectivity index (χ4v) is 4.19. The number of alkyl halides is 3. The highest BCUT2D eigenvalue weighted by Crippen LogP contribution is 2.33. The van der Waals surface area contributed by atoms with Gasteiger partial charge < -0.3 is 9.64 Å². The van der Waals surface area contributed by atoms with Crippen molar-refractivity contribution in [3.8, 4) is 5.75 Å². The highest BCUT2D eigenvalue weighted by Gasteiger charge is 2.34. The van der Waals surface area contributed by atoms with Crippen LogP contribution in [0.2, 0.25) is 0 Å². The van der Waals surface area contributed by atoms with Crippen LogP contribution in [0.5, 0.6) is 5.75 Å². The van der Waals surface area contributed by atoms with Crippen molar-refractivity contribution in [3.63, 3.8) is 0 Å². The summed E-state index contributed by atoms with van der Waals surface area (Å²) < 4.78 is 43.2. The van der Waals surface area contributed by atoms with Gasteiger partial charge in [0.15, 0.2) is 5.69 Å². The molecule has 0 radical (unpaired) electrons. The maximum Gasteiger partial charge on any atom is 0.573 e. The van der Waals surface area contributed by atoms with Crippen LogP contribution >= 0.6 is 13.5 Å². The molecule has 1 amide bonds. The lowest BCUT2D eigenvalue weighted by Crippen LogP contribution is -2.42. The monoisotopic (exact) mass is 524 g/mol. The van der Waals surface area contributed by atoms with Gasteiger partial charge in [0.25, 0.3) is 5.91 Å². The molecule has 190 valence electrons. The quantitative estimate of drug-likeness (QED) is 0.289. The Morgan fingerprint density at radius 1 is 0.946 bits per heavy atom. The Labute approximate surface area is 218 Å². The van der Waals surface area contributed by atoms with Gasteiger partial charge in [0.2, 0.25) is 0 Å². The Balaban J connectivity index is 0.00000320. The molecule has 0 aliphatic carbocycles. The summed E-state index contributed by atoms with van der Waals surface area (Å²) in [5, 5.41) is 4.43. The summed E-state index contributed by atoms with van der Waals surface area (Å²) >= 11 is 0. The van der Waals surface area contributed by atoms with Crippen LogP contribution in [0.25, 0.3) is 0 Å². The Hall–Kier alpha value is -4.05. The summed E-state index contributed by atoms with van der Waals surface area (Å²) in [6.07, 6.45) is -3.22. The largest absolute Gasteiger partial charge is 0.573 e. The van der Waals surface area contributed by atoms with Crippen LogP contribution in [-0.4, -0.2) is 34.3 Å². The molecular formula is C27H23F3N4O2S. The van der Waals surface area contributed by atoms with Gasteiger partial charge in [-0.25, -0.2) is 4.99 Å². The van der Waals surface area contributed by atoms with Crippen LogP contribution in [0.4, 0.5) is 24.5 Å². The smallest absolute Gasteiger partial charge is 0.406 e. The molecule has 10 heteroatoms. The summed E-state index contributed by atoms with van der Waals surface area (Å²) in [7, 11) is 0. The first-order valence-corrected chi connectivity index (χ1v) is 11.2. The van der Waals surface area contributed by atoms with Crippen molar-refractivity contribution in [2.24, 2.45) is 4.99 Å². The number of ether oxygens (including phenoxy) is 1. The van der Waals surface area contributed by atoms with E-state index in [-0.39, 0.29) is 31.2 Å². The van der Waals surface area contributed by atoms with Crippen molar-refractivity contribution >= 4 is 36.5 Å².